The molecular weight excluding hydrogens is 311 g/mol. The van der Waals surface area contributed by atoms with Crippen LogP contribution in [0.2, 0.25) is 0 Å². The van der Waals surface area contributed by atoms with Crippen molar-refractivity contribution in [3.8, 4) is 11.3 Å². The van der Waals surface area contributed by atoms with Gasteiger partial charge in [0.05, 0.1) is 24.2 Å². The lowest BCUT2D eigenvalue weighted by Crippen LogP contribution is -2.23. The normalized spacial score (nSPS) is 10.6. The highest BCUT2D eigenvalue weighted by atomic mass is 19.1. The van der Waals surface area contributed by atoms with Crippen molar-refractivity contribution >= 4 is 17.4 Å². The second-order valence-electron chi connectivity index (χ2n) is 5.37. The second-order valence-corrected chi connectivity index (χ2v) is 5.37. The van der Waals surface area contributed by atoms with Gasteiger partial charge in [-0.3, -0.25) is 9.48 Å². The lowest BCUT2D eigenvalue weighted by Gasteiger charge is -2.09. The van der Waals surface area contributed by atoms with Crippen molar-refractivity contribution in [3.05, 3.63) is 54.2 Å². The van der Waals surface area contributed by atoms with E-state index in [1.54, 1.807) is 48.3 Å². The molecule has 2 heterocycles. The zero-order valence-corrected chi connectivity index (χ0v) is 13.3. The number of aromatic nitrogens is 2. The number of furan rings is 1. The minimum Gasteiger partial charge on any atom is -0.464 e. The fourth-order valence-electron chi connectivity index (χ4n) is 2.35. The van der Waals surface area contributed by atoms with Gasteiger partial charge in [0.25, 0.3) is 0 Å². The first kappa shape index (κ1) is 15.8. The average molecular weight is 328 g/mol. The number of anilines is 2. The summed E-state index contributed by atoms with van der Waals surface area (Å²) in [5.74, 6) is 0.493. The van der Waals surface area contributed by atoms with Gasteiger partial charge in [0.15, 0.2) is 0 Å². The molecule has 2 aromatic heterocycles. The van der Waals surface area contributed by atoms with Crippen LogP contribution >= 0.6 is 0 Å². The van der Waals surface area contributed by atoms with Crippen molar-refractivity contribution in [1.82, 2.24) is 9.78 Å². The number of nitrogens with zero attached hydrogens (tertiary/aromatic N) is 2. The molecule has 24 heavy (non-hydrogen) atoms. The van der Waals surface area contributed by atoms with Gasteiger partial charge in [-0.2, -0.15) is 5.10 Å². The van der Waals surface area contributed by atoms with Crippen molar-refractivity contribution in [2.24, 2.45) is 7.05 Å². The highest BCUT2D eigenvalue weighted by Gasteiger charge is 2.10. The summed E-state index contributed by atoms with van der Waals surface area (Å²) in [4.78, 5) is 12.0. The van der Waals surface area contributed by atoms with Crippen LogP contribution in [-0.2, 0) is 11.8 Å². The fraction of sp³-hybridized carbons (Fsp3) is 0.176. The predicted molar refractivity (Wildman–Crippen MR) is 89.2 cm³/mol. The quantitative estimate of drug-likeness (QED) is 0.754. The summed E-state index contributed by atoms with van der Waals surface area (Å²) in [6.07, 6.45) is 1.55. The van der Waals surface area contributed by atoms with Crippen LogP contribution in [0.25, 0.3) is 11.3 Å². The van der Waals surface area contributed by atoms with Crippen LogP contribution in [0.3, 0.4) is 0 Å². The zero-order chi connectivity index (χ0) is 17.1. The van der Waals surface area contributed by atoms with Crippen LogP contribution in [0.5, 0.6) is 0 Å². The molecule has 7 heteroatoms. The summed E-state index contributed by atoms with van der Waals surface area (Å²) >= 11 is 0. The van der Waals surface area contributed by atoms with E-state index in [1.165, 1.54) is 6.07 Å². The van der Waals surface area contributed by atoms with Gasteiger partial charge in [0.1, 0.15) is 17.4 Å². The number of benzene rings is 1. The molecule has 1 amide bonds. The molecule has 0 radical (unpaired) electrons. The minimum atomic E-state index is -0.436. The molecule has 0 saturated heterocycles. The van der Waals surface area contributed by atoms with E-state index in [9.17, 15) is 9.18 Å². The Morgan fingerprint density at radius 3 is 2.83 bits per heavy atom. The molecule has 0 fully saturated rings. The first-order valence-electron chi connectivity index (χ1n) is 7.41. The number of halogens is 1. The molecular formula is C17H17FN4O2. The number of carbonyl (C=O) groups is 1. The third kappa shape index (κ3) is 3.45. The van der Waals surface area contributed by atoms with Crippen LogP contribution in [0.15, 0.2) is 47.1 Å². The molecule has 0 spiro atoms. The summed E-state index contributed by atoms with van der Waals surface area (Å²) in [6, 6.07) is 9.87. The lowest BCUT2D eigenvalue weighted by atomic mass is 10.1. The Hall–Kier alpha value is -3.09. The van der Waals surface area contributed by atoms with Crippen LogP contribution in [-0.4, -0.2) is 22.2 Å². The van der Waals surface area contributed by atoms with Gasteiger partial charge in [-0.1, -0.05) is 0 Å². The van der Waals surface area contributed by atoms with E-state index in [2.05, 4.69) is 15.7 Å². The average Bonchev–Trinajstić information content (AvgIpc) is 3.17. The number of rotatable bonds is 5. The Balaban J connectivity index is 1.66. The highest BCUT2D eigenvalue weighted by molar-refractivity contribution is 5.93. The van der Waals surface area contributed by atoms with Crippen LogP contribution < -0.4 is 10.6 Å². The molecule has 0 unspecified atom stereocenters. The van der Waals surface area contributed by atoms with Crippen molar-refractivity contribution in [2.75, 3.05) is 17.2 Å². The third-order valence-electron chi connectivity index (χ3n) is 3.48. The maximum absolute atomic E-state index is 13.9. The number of aryl methyl sites for hydroxylation is 2. The number of hydrogen-bond donors (Lipinski definition) is 2. The summed E-state index contributed by atoms with van der Waals surface area (Å²) in [7, 11) is 1.74. The monoisotopic (exact) mass is 328 g/mol. The van der Waals surface area contributed by atoms with E-state index in [0.717, 1.165) is 11.3 Å². The smallest absolute Gasteiger partial charge is 0.244 e. The zero-order valence-electron chi connectivity index (χ0n) is 13.3. The lowest BCUT2D eigenvalue weighted by molar-refractivity contribution is -0.114. The Morgan fingerprint density at radius 2 is 2.17 bits per heavy atom. The van der Waals surface area contributed by atoms with E-state index in [0.29, 0.717) is 11.6 Å². The summed E-state index contributed by atoms with van der Waals surface area (Å²) in [5.41, 5.74) is 1.77. The Labute approximate surface area is 138 Å². The molecule has 0 aliphatic carbocycles. The number of hydrogen-bond acceptors (Lipinski definition) is 4. The standard InChI is InChI=1S/C17H17FN4O2/c1-11-8-16(22(2)21-11)20-17(23)10-19-14-9-12(5-6-13(14)18)15-4-3-7-24-15/h3-9,19H,10H2,1-2H3,(H,20,23). The molecule has 0 aliphatic rings. The van der Waals surface area contributed by atoms with E-state index < -0.39 is 5.82 Å². The van der Waals surface area contributed by atoms with Crippen LogP contribution in [0.1, 0.15) is 5.69 Å². The van der Waals surface area contributed by atoms with E-state index >= 15 is 0 Å². The van der Waals surface area contributed by atoms with Gasteiger partial charge in [0, 0.05) is 18.7 Å². The van der Waals surface area contributed by atoms with Gasteiger partial charge >= 0.3 is 0 Å². The molecule has 1 aromatic carbocycles. The van der Waals surface area contributed by atoms with Crippen molar-refractivity contribution in [3.63, 3.8) is 0 Å². The second kappa shape index (κ2) is 6.57. The molecule has 0 atom stereocenters. The molecule has 3 aromatic rings. The van der Waals surface area contributed by atoms with Gasteiger partial charge in [0.2, 0.25) is 5.91 Å². The third-order valence-corrected chi connectivity index (χ3v) is 3.48. The summed E-state index contributed by atoms with van der Waals surface area (Å²) in [5, 5.41) is 9.67. The molecule has 0 bridgehead atoms. The van der Waals surface area contributed by atoms with Gasteiger partial charge in [-0.15, -0.1) is 0 Å². The molecule has 124 valence electrons. The number of carbonyl (C=O) groups excluding carboxylic acids is 1. The molecule has 3 rings (SSSR count). The Morgan fingerprint density at radius 1 is 1.33 bits per heavy atom. The van der Waals surface area contributed by atoms with Crippen molar-refractivity contribution in [1.29, 1.82) is 0 Å². The van der Waals surface area contributed by atoms with E-state index in [1.807, 2.05) is 6.92 Å². The number of nitrogens with one attached hydrogen (secondary N) is 2. The van der Waals surface area contributed by atoms with E-state index in [4.69, 9.17) is 4.42 Å². The minimum absolute atomic E-state index is 0.0667. The highest BCUT2D eigenvalue weighted by Crippen LogP contribution is 2.25. The van der Waals surface area contributed by atoms with Gasteiger partial charge in [-0.25, -0.2) is 4.39 Å². The molecule has 2 N–H and O–H groups in total. The van der Waals surface area contributed by atoms with Crippen LogP contribution in [0.4, 0.5) is 15.9 Å². The topological polar surface area (TPSA) is 72.1 Å². The van der Waals surface area contributed by atoms with E-state index in [-0.39, 0.29) is 18.1 Å². The fourth-order valence-corrected chi connectivity index (χ4v) is 2.35. The Bertz CT molecular complexity index is 856. The van der Waals surface area contributed by atoms with Gasteiger partial charge < -0.3 is 15.1 Å². The first-order valence-corrected chi connectivity index (χ1v) is 7.41. The first-order chi connectivity index (χ1) is 11.5. The largest absolute Gasteiger partial charge is 0.464 e. The predicted octanol–water partition coefficient (Wildman–Crippen LogP) is 3.18. The molecule has 0 aliphatic heterocycles. The van der Waals surface area contributed by atoms with Gasteiger partial charge in [-0.05, 0) is 37.3 Å². The number of amides is 1. The maximum atomic E-state index is 13.9. The van der Waals surface area contributed by atoms with Crippen LogP contribution in [0, 0.1) is 12.7 Å². The van der Waals surface area contributed by atoms with Crippen molar-refractivity contribution in [2.45, 2.75) is 6.92 Å². The van der Waals surface area contributed by atoms with Crippen molar-refractivity contribution < 1.29 is 13.6 Å². The summed E-state index contributed by atoms with van der Waals surface area (Å²) in [6.45, 7) is 1.77. The summed E-state index contributed by atoms with van der Waals surface area (Å²) < 4.78 is 20.8. The Kier molecular flexibility index (Phi) is 4.33. The maximum Gasteiger partial charge on any atom is 0.244 e. The SMILES string of the molecule is Cc1cc(NC(=O)CNc2cc(-c3ccco3)ccc2F)n(C)n1. The molecule has 6 nitrogen and oxygen atoms in total. The molecule has 0 saturated carbocycles.